The summed E-state index contributed by atoms with van der Waals surface area (Å²) in [5.74, 6) is 0.0391. The number of hydrogen-bond donors (Lipinski definition) is 1. The van der Waals surface area contributed by atoms with Gasteiger partial charge in [-0.25, -0.2) is 0 Å². The maximum absolute atomic E-state index is 11.8. The van der Waals surface area contributed by atoms with Gasteiger partial charge in [-0.3, -0.25) is 4.79 Å². The van der Waals surface area contributed by atoms with Crippen LogP contribution in [-0.4, -0.2) is 11.9 Å². The number of amides is 1. The first-order valence-corrected chi connectivity index (χ1v) is 6.63. The molecule has 80 valence electrons. The van der Waals surface area contributed by atoms with Crippen molar-refractivity contribution in [1.82, 2.24) is 5.32 Å². The molecule has 1 atom stereocenters. The van der Waals surface area contributed by atoms with E-state index in [4.69, 9.17) is 0 Å². The zero-order valence-electron chi connectivity index (χ0n) is 8.20. The van der Waals surface area contributed by atoms with E-state index in [0.29, 0.717) is 6.04 Å². The third-order valence-corrected chi connectivity index (χ3v) is 3.94. The SMILES string of the molecule is O=C(NC1CC=CCC1)c1csc(Br)c1. The number of rotatable bonds is 2. The van der Waals surface area contributed by atoms with E-state index in [0.717, 1.165) is 28.6 Å². The minimum absolute atomic E-state index is 0.0391. The van der Waals surface area contributed by atoms with E-state index in [9.17, 15) is 4.79 Å². The van der Waals surface area contributed by atoms with Crippen LogP contribution in [0.25, 0.3) is 0 Å². The molecule has 1 aliphatic rings. The van der Waals surface area contributed by atoms with Crippen molar-refractivity contribution >= 4 is 33.2 Å². The fourth-order valence-electron chi connectivity index (χ4n) is 1.62. The van der Waals surface area contributed by atoms with Crippen LogP contribution in [0, 0.1) is 0 Å². The lowest BCUT2D eigenvalue weighted by atomic mass is 10.0. The summed E-state index contributed by atoms with van der Waals surface area (Å²) in [6.45, 7) is 0. The highest BCUT2D eigenvalue weighted by Gasteiger charge is 2.14. The van der Waals surface area contributed by atoms with Crippen molar-refractivity contribution in [3.63, 3.8) is 0 Å². The summed E-state index contributed by atoms with van der Waals surface area (Å²) in [6.07, 6.45) is 7.38. The summed E-state index contributed by atoms with van der Waals surface area (Å²) in [7, 11) is 0. The average molecular weight is 286 g/mol. The van der Waals surface area contributed by atoms with Crippen LogP contribution in [0.3, 0.4) is 0 Å². The van der Waals surface area contributed by atoms with Crippen LogP contribution in [0.15, 0.2) is 27.4 Å². The lowest BCUT2D eigenvalue weighted by Gasteiger charge is -2.18. The van der Waals surface area contributed by atoms with Gasteiger partial charge in [0, 0.05) is 11.4 Å². The molecule has 1 N–H and O–H groups in total. The molecule has 2 rings (SSSR count). The molecule has 1 aromatic heterocycles. The Labute approximate surface area is 102 Å². The molecule has 0 fully saturated rings. The van der Waals surface area contributed by atoms with Crippen LogP contribution in [0.1, 0.15) is 29.6 Å². The van der Waals surface area contributed by atoms with Crippen LogP contribution in [-0.2, 0) is 0 Å². The molecule has 4 heteroatoms. The van der Waals surface area contributed by atoms with Gasteiger partial charge in [-0.1, -0.05) is 12.2 Å². The molecular formula is C11H12BrNOS. The van der Waals surface area contributed by atoms with Crippen LogP contribution in [0.2, 0.25) is 0 Å². The van der Waals surface area contributed by atoms with Crippen LogP contribution in [0.4, 0.5) is 0 Å². The van der Waals surface area contributed by atoms with E-state index in [2.05, 4.69) is 33.4 Å². The smallest absolute Gasteiger partial charge is 0.252 e. The zero-order valence-corrected chi connectivity index (χ0v) is 10.6. The van der Waals surface area contributed by atoms with Crippen molar-refractivity contribution in [2.24, 2.45) is 0 Å². The summed E-state index contributed by atoms with van der Waals surface area (Å²) < 4.78 is 0.996. The van der Waals surface area contributed by atoms with Crippen molar-refractivity contribution in [3.05, 3.63) is 32.9 Å². The Morgan fingerprint density at radius 2 is 2.40 bits per heavy atom. The van der Waals surface area contributed by atoms with Crippen molar-refractivity contribution < 1.29 is 4.79 Å². The highest BCUT2D eigenvalue weighted by molar-refractivity contribution is 9.11. The zero-order chi connectivity index (χ0) is 10.7. The normalized spacial score (nSPS) is 20.2. The molecule has 0 radical (unpaired) electrons. The van der Waals surface area contributed by atoms with Gasteiger partial charge in [0.05, 0.1) is 9.35 Å². The second kappa shape index (κ2) is 4.94. The monoisotopic (exact) mass is 285 g/mol. The van der Waals surface area contributed by atoms with Gasteiger partial charge in [-0.15, -0.1) is 11.3 Å². The lowest BCUT2D eigenvalue weighted by molar-refractivity contribution is 0.0935. The van der Waals surface area contributed by atoms with E-state index in [1.807, 2.05) is 11.4 Å². The Kier molecular flexibility index (Phi) is 3.59. The van der Waals surface area contributed by atoms with E-state index in [1.54, 1.807) is 0 Å². The average Bonchev–Trinajstić information content (AvgIpc) is 2.66. The predicted molar refractivity (Wildman–Crippen MR) is 66.3 cm³/mol. The van der Waals surface area contributed by atoms with Gasteiger partial charge in [0.25, 0.3) is 5.91 Å². The molecule has 15 heavy (non-hydrogen) atoms. The molecular weight excluding hydrogens is 274 g/mol. The summed E-state index contributed by atoms with van der Waals surface area (Å²) in [6, 6.07) is 2.17. The quantitative estimate of drug-likeness (QED) is 0.830. The minimum Gasteiger partial charge on any atom is -0.349 e. The fourth-order valence-corrected chi connectivity index (χ4v) is 2.76. The number of carbonyl (C=O) groups is 1. The Morgan fingerprint density at radius 3 is 3.00 bits per heavy atom. The molecule has 0 aromatic carbocycles. The maximum Gasteiger partial charge on any atom is 0.252 e. The van der Waals surface area contributed by atoms with Gasteiger partial charge in [-0.2, -0.15) is 0 Å². The summed E-state index contributed by atoms with van der Waals surface area (Å²) in [5.41, 5.74) is 0.751. The van der Waals surface area contributed by atoms with Crippen LogP contribution in [0.5, 0.6) is 0 Å². The summed E-state index contributed by atoms with van der Waals surface area (Å²) in [4.78, 5) is 11.8. The Bertz CT molecular complexity index is 386. The summed E-state index contributed by atoms with van der Waals surface area (Å²) >= 11 is 4.89. The minimum atomic E-state index is 0.0391. The predicted octanol–water partition coefficient (Wildman–Crippen LogP) is 3.35. The summed E-state index contributed by atoms with van der Waals surface area (Å²) in [5, 5.41) is 4.92. The highest BCUT2D eigenvalue weighted by Crippen LogP contribution is 2.21. The molecule has 2 nitrogen and oxygen atoms in total. The number of nitrogens with one attached hydrogen (secondary N) is 1. The molecule has 0 saturated heterocycles. The molecule has 0 saturated carbocycles. The van der Waals surface area contributed by atoms with Gasteiger partial charge in [0.2, 0.25) is 0 Å². The van der Waals surface area contributed by atoms with E-state index < -0.39 is 0 Å². The molecule has 1 heterocycles. The van der Waals surface area contributed by atoms with Gasteiger partial charge in [0.15, 0.2) is 0 Å². The molecule has 1 unspecified atom stereocenters. The highest BCUT2D eigenvalue weighted by atomic mass is 79.9. The van der Waals surface area contributed by atoms with Crippen LogP contribution < -0.4 is 5.32 Å². The number of allylic oxidation sites excluding steroid dienone is 1. The van der Waals surface area contributed by atoms with Crippen molar-refractivity contribution in [2.45, 2.75) is 25.3 Å². The second-order valence-corrected chi connectivity index (χ2v) is 5.88. The first-order chi connectivity index (χ1) is 7.25. The van der Waals surface area contributed by atoms with Crippen molar-refractivity contribution in [1.29, 1.82) is 0 Å². The molecule has 1 aliphatic carbocycles. The first kappa shape index (κ1) is 10.9. The van der Waals surface area contributed by atoms with Gasteiger partial charge in [0.1, 0.15) is 0 Å². The molecule has 0 spiro atoms. The standard InChI is InChI=1S/C11H12BrNOS/c12-10-6-8(7-15-10)11(14)13-9-4-2-1-3-5-9/h1-2,6-7,9H,3-5H2,(H,13,14). The van der Waals surface area contributed by atoms with E-state index in [-0.39, 0.29) is 5.91 Å². The molecule has 0 bridgehead atoms. The van der Waals surface area contributed by atoms with Crippen molar-refractivity contribution in [3.8, 4) is 0 Å². The van der Waals surface area contributed by atoms with Gasteiger partial charge >= 0.3 is 0 Å². The van der Waals surface area contributed by atoms with Crippen LogP contribution >= 0.6 is 27.3 Å². The first-order valence-electron chi connectivity index (χ1n) is 4.95. The number of carbonyl (C=O) groups excluding carboxylic acids is 1. The Hall–Kier alpha value is -0.610. The molecule has 0 aliphatic heterocycles. The van der Waals surface area contributed by atoms with Crippen molar-refractivity contribution in [2.75, 3.05) is 0 Å². The topological polar surface area (TPSA) is 29.1 Å². The van der Waals surface area contributed by atoms with E-state index >= 15 is 0 Å². The Morgan fingerprint density at radius 1 is 1.53 bits per heavy atom. The number of thiophene rings is 1. The number of halogens is 1. The third kappa shape index (κ3) is 2.92. The number of hydrogen-bond acceptors (Lipinski definition) is 2. The molecule has 1 aromatic rings. The van der Waals surface area contributed by atoms with Gasteiger partial charge in [-0.05, 0) is 41.3 Å². The fraction of sp³-hybridized carbons (Fsp3) is 0.364. The maximum atomic E-state index is 11.8. The second-order valence-electron chi connectivity index (χ2n) is 3.59. The van der Waals surface area contributed by atoms with Gasteiger partial charge < -0.3 is 5.32 Å². The Balaban J connectivity index is 1.94. The largest absolute Gasteiger partial charge is 0.349 e. The molecule has 1 amide bonds. The lowest BCUT2D eigenvalue weighted by Crippen LogP contribution is -2.35. The van der Waals surface area contributed by atoms with E-state index in [1.165, 1.54) is 11.3 Å². The third-order valence-electron chi connectivity index (χ3n) is 2.43.